The van der Waals surface area contributed by atoms with Crippen molar-refractivity contribution in [1.29, 1.82) is 0 Å². The summed E-state index contributed by atoms with van der Waals surface area (Å²) in [6.07, 6.45) is 10.3. The van der Waals surface area contributed by atoms with Crippen LogP contribution >= 0.6 is 0 Å². The maximum absolute atomic E-state index is 14.7. The zero-order chi connectivity index (χ0) is 19.1. The molecule has 2 nitrogen and oxygen atoms in total. The molecule has 0 bridgehead atoms. The maximum Gasteiger partial charge on any atom is 0.343 e. The minimum atomic E-state index is -0.931. The van der Waals surface area contributed by atoms with Crippen LogP contribution in [0.1, 0.15) is 73.4 Å². The van der Waals surface area contributed by atoms with Crippen molar-refractivity contribution in [2.24, 2.45) is 29.6 Å². The van der Waals surface area contributed by atoms with Crippen LogP contribution < -0.4 is 0 Å². The summed E-state index contributed by atoms with van der Waals surface area (Å²) >= 11 is 0. The molecule has 0 saturated heterocycles. The average Bonchev–Trinajstić information content (AvgIpc) is 2.66. The highest BCUT2D eigenvalue weighted by molar-refractivity contribution is 5.90. The molecule has 5 unspecified atom stereocenters. The summed E-state index contributed by atoms with van der Waals surface area (Å²) in [5.41, 5.74) is 0.744. The Kier molecular flexibility index (Phi) is 5.26. The summed E-state index contributed by atoms with van der Waals surface area (Å²) in [6.45, 7) is 2.38. The fourth-order valence-electron chi connectivity index (χ4n) is 6.16. The number of rotatable bonds is 2. The molecule has 3 aliphatic rings. The molecule has 0 N–H and O–H groups in total. The minimum absolute atomic E-state index is 0.514. The van der Waals surface area contributed by atoms with Gasteiger partial charge in [0.1, 0.15) is 17.2 Å². The van der Waals surface area contributed by atoms with E-state index in [4.69, 9.17) is 0 Å². The lowest BCUT2D eigenvalue weighted by molar-refractivity contribution is 0.0588. The molecule has 0 spiro atoms. The first kappa shape index (κ1) is 18.9. The number of methoxy groups -OCH3 is 1. The molecule has 2 saturated carbocycles. The average molecular weight is 376 g/mol. The topological polar surface area (TPSA) is 26.3 Å². The Morgan fingerprint density at radius 3 is 2.41 bits per heavy atom. The van der Waals surface area contributed by atoms with Crippen LogP contribution in [0.25, 0.3) is 0 Å². The van der Waals surface area contributed by atoms with Gasteiger partial charge < -0.3 is 4.74 Å². The van der Waals surface area contributed by atoms with E-state index in [1.807, 2.05) is 0 Å². The molecule has 1 aromatic carbocycles. The van der Waals surface area contributed by atoms with Crippen molar-refractivity contribution >= 4 is 5.97 Å². The van der Waals surface area contributed by atoms with E-state index in [9.17, 15) is 13.6 Å². The second-order valence-electron chi connectivity index (χ2n) is 9.19. The van der Waals surface area contributed by atoms with Crippen molar-refractivity contribution in [3.63, 3.8) is 0 Å². The van der Waals surface area contributed by atoms with Gasteiger partial charge in [-0.15, -0.1) is 0 Å². The molecule has 148 valence electrons. The number of ether oxygens (including phenoxy) is 1. The van der Waals surface area contributed by atoms with E-state index in [1.54, 1.807) is 0 Å². The molecule has 5 atom stereocenters. The summed E-state index contributed by atoms with van der Waals surface area (Å²) in [5.74, 6) is 1.40. The van der Waals surface area contributed by atoms with Crippen LogP contribution in [-0.2, 0) is 17.6 Å². The Balaban J connectivity index is 1.50. The highest BCUT2D eigenvalue weighted by Gasteiger charge is 2.38. The lowest BCUT2D eigenvalue weighted by Crippen LogP contribution is -2.34. The van der Waals surface area contributed by atoms with Gasteiger partial charge in [-0.2, -0.15) is 0 Å². The third-order valence-corrected chi connectivity index (χ3v) is 7.63. The Morgan fingerprint density at radius 1 is 1.00 bits per heavy atom. The highest BCUT2D eigenvalue weighted by atomic mass is 19.1. The van der Waals surface area contributed by atoms with Gasteiger partial charge in [0.25, 0.3) is 0 Å². The van der Waals surface area contributed by atoms with Crippen LogP contribution in [-0.4, -0.2) is 13.1 Å². The third kappa shape index (κ3) is 3.52. The van der Waals surface area contributed by atoms with Crippen LogP contribution in [0.15, 0.2) is 6.07 Å². The van der Waals surface area contributed by atoms with Crippen LogP contribution in [0.3, 0.4) is 0 Å². The molecule has 4 heteroatoms. The van der Waals surface area contributed by atoms with Crippen LogP contribution in [0.4, 0.5) is 8.78 Å². The number of halogens is 2. The van der Waals surface area contributed by atoms with Crippen molar-refractivity contribution in [1.82, 2.24) is 0 Å². The fourth-order valence-corrected chi connectivity index (χ4v) is 6.16. The molecule has 0 heterocycles. The van der Waals surface area contributed by atoms with Gasteiger partial charge in [0, 0.05) is 0 Å². The molecule has 0 amide bonds. The number of carbonyl (C=O) groups is 1. The molecule has 0 aromatic heterocycles. The zero-order valence-corrected chi connectivity index (χ0v) is 16.4. The molecule has 4 rings (SSSR count). The first-order valence-electron chi connectivity index (χ1n) is 10.6. The molecule has 27 heavy (non-hydrogen) atoms. The molecule has 1 aromatic rings. The molecule has 0 radical (unpaired) electrons. The number of hydrogen-bond acceptors (Lipinski definition) is 2. The summed E-state index contributed by atoms with van der Waals surface area (Å²) in [7, 11) is 1.15. The number of fused-ring (bicyclic) bond motifs is 2. The predicted octanol–water partition coefficient (Wildman–Crippen LogP) is 5.71. The number of benzene rings is 1. The van der Waals surface area contributed by atoms with Gasteiger partial charge in [-0.1, -0.05) is 13.3 Å². The van der Waals surface area contributed by atoms with E-state index in [-0.39, 0.29) is 0 Å². The van der Waals surface area contributed by atoms with Gasteiger partial charge in [0.15, 0.2) is 0 Å². The second kappa shape index (κ2) is 7.52. The van der Waals surface area contributed by atoms with E-state index >= 15 is 0 Å². The summed E-state index contributed by atoms with van der Waals surface area (Å²) < 4.78 is 33.6. The van der Waals surface area contributed by atoms with E-state index in [0.717, 1.165) is 43.3 Å². The second-order valence-corrected chi connectivity index (χ2v) is 9.19. The molecule has 2 fully saturated rings. The summed E-state index contributed by atoms with van der Waals surface area (Å²) in [5, 5.41) is 0. The van der Waals surface area contributed by atoms with Gasteiger partial charge in [-0.05, 0) is 98.1 Å². The van der Waals surface area contributed by atoms with E-state index in [2.05, 4.69) is 11.7 Å². The van der Waals surface area contributed by atoms with Crippen molar-refractivity contribution in [2.75, 3.05) is 7.11 Å². The summed E-state index contributed by atoms with van der Waals surface area (Å²) in [4.78, 5) is 11.7. The Hall–Kier alpha value is -1.45. The number of hydrogen-bond donors (Lipinski definition) is 0. The van der Waals surface area contributed by atoms with Crippen LogP contribution in [0.5, 0.6) is 0 Å². The zero-order valence-electron chi connectivity index (χ0n) is 16.4. The molecular formula is C23H30F2O2. The number of esters is 1. The smallest absolute Gasteiger partial charge is 0.343 e. The SMILES string of the molecule is COC(=O)c1c(F)cc2c(c1F)CCC(C1CCC3CC(C)CCC3C1)C2. The van der Waals surface area contributed by atoms with Crippen LogP contribution in [0, 0.1) is 41.2 Å². The lowest BCUT2D eigenvalue weighted by Gasteiger charge is -2.44. The number of carbonyl (C=O) groups excluding carboxylic acids is 1. The van der Waals surface area contributed by atoms with Crippen LogP contribution in [0.2, 0.25) is 0 Å². The quantitative estimate of drug-likeness (QED) is 0.618. The Labute approximate surface area is 160 Å². The Bertz CT molecular complexity index is 730. The lowest BCUT2D eigenvalue weighted by atomic mass is 9.61. The van der Waals surface area contributed by atoms with Crippen molar-refractivity contribution in [2.45, 2.75) is 64.7 Å². The van der Waals surface area contributed by atoms with E-state index in [1.165, 1.54) is 44.6 Å². The van der Waals surface area contributed by atoms with Gasteiger partial charge in [-0.25, -0.2) is 13.6 Å². The van der Waals surface area contributed by atoms with Gasteiger partial charge in [0.2, 0.25) is 0 Å². The molecular weight excluding hydrogens is 346 g/mol. The monoisotopic (exact) mass is 376 g/mol. The standard InChI is InChI=1S/C23H30F2O2/c1-13-3-4-15-10-16(6-5-14(15)9-13)17-7-8-19-18(11-17)12-20(24)21(22(19)25)23(26)27-2/h12-17H,3-11H2,1-2H3. The van der Waals surface area contributed by atoms with Crippen molar-refractivity contribution in [3.8, 4) is 0 Å². The van der Waals surface area contributed by atoms with Gasteiger partial charge >= 0.3 is 5.97 Å². The Morgan fingerprint density at radius 2 is 1.67 bits per heavy atom. The van der Waals surface area contributed by atoms with E-state index in [0.29, 0.717) is 23.8 Å². The largest absolute Gasteiger partial charge is 0.465 e. The maximum atomic E-state index is 14.7. The van der Waals surface area contributed by atoms with E-state index < -0.39 is 23.2 Å². The molecule has 0 aliphatic heterocycles. The molecule has 3 aliphatic carbocycles. The third-order valence-electron chi connectivity index (χ3n) is 7.63. The van der Waals surface area contributed by atoms with Gasteiger partial charge in [0.05, 0.1) is 7.11 Å². The predicted molar refractivity (Wildman–Crippen MR) is 101 cm³/mol. The van der Waals surface area contributed by atoms with Gasteiger partial charge in [-0.3, -0.25) is 0 Å². The minimum Gasteiger partial charge on any atom is -0.465 e. The fraction of sp³-hybridized carbons (Fsp3) is 0.696. The first-order chi connectivity index (χ1) is 13.0. The van der Waals surface area contributed by atoms with Crippen molar-refractivity contribution < 1.29 is 18.3 Å². The highest BCUT2D eigenvalue weighted by Crippen LogP contribution is 2.48. The summed E-state index contributed by atoms with van der Waals surface area (Å²) in [6, 6.07) is 1.38. The van der Waals surface area contributed by atoms with Crippen molar-refractivity contribution in [3.05, 3.63) is 34.4 Å². The first-order valence-corrected chi connectivity index (χ1v) is 10.6. The normalized spacial score (nSPS) is 33.1.